The van der Waals surface area contributed by atoms with Gasteiger partial charge >= 0.3 is 0 Å². The lowest BCUT2D eigenvalue weighted by molar-refractivity contribution is -0.125. The third kappa shape index (κ3) is 3.43. The van der Waals surface area contributed by atoms with Crippen LogP contribution in [0.15, 0.2) is 12.7 Å². The van der Waals surface area contributed by atoms with Gasteiger partial charge in [-0.15, -0.1) is 17.9 Å². The number of aryl methyl sites for hydroxylation is 2. The summed E-state index contributed by atoms with van der Waals surface area (Å²) in [5.41, 5.74) is 0.840. The van der Waals surface area contributed by atoms with Gasteiger partial charge in [-0.2, -0.15) is 0 Å². The van der Waals surface area contributed by atoms with Crippen LogP contribution < -0.4 is 5.32 Å². The molecule has 88 valence electrons. The molecule has 0 aliphatic carbocycles. The van der Waals surface area contributed by atoms with Gasteiger partial charge in [-0.3, -0.25) is 4.79 Å². The summed E-state index contributed by atoms with van der Waals surface area (Å²) in [4.78, 5) is 15.9. The Morgan fingerprint density at radius 1 is 1.69 bits per heavy atom. The normalized spacial score (nSPS) is 12.2. The van der Waals surface area contributed by atoms with Crippen LogP contribution in [0.25, 0.3) is 0 Å². The number of hydrogen-bond acceptors (Lipinski definition) is 4. The first-order valence-corrected chi connectivity index (χ1v) is 5.83. The van der Waals surface area contributed by atoms with Crippen LogP contribution in [0.3, 0.4) is 0 Å². The lowest BCUT2D eigenvalue weighted by Crippen LogP contribution is -2.27. The molecule has 1 amide bonds. The Morgan fingerprint density at radius 3 is 2.88 bits per heavy atom. The molecule has 1 aromatic rings. The molecule has 1 atom stereocenters. The molecule has 1 N–H and O–H groups in total. The largest absolute Gasteiger partial charge is 0.365 e. The van der Waals surface area contributed by atoms with Gasteiger partial charge in [0.05, 0.1) is 17.3 Å². The monoisotopic (exact) mass is 240 g/mol. The zero-order valence-corrected chi connectivity index (χ0v) is 10.6. The number of amides is 1. The maximum Gasteiger partial charge on any atom is 0.253 e. The minimum absolute atomic E-state index is 0.159. The predicted molar refractivity (Wildman–Crippen MR) is 65.8 cm³/mol. The second kappa shape index (κ2) is 5.77. The summed E-state index contributed by atoms with van der Waals surface area (Å²) in [7, 11) is 0. The summed E-state index contributed by atoms with van der Waals surface area (Å²) in [6, 6.07) is 0. The average molecular weight is 240 g/mol. The van der Waals surface area contributed by atoms with Crippen LogP contribution in [0.4, 0.5) is 5.00 Å². The zero-order chi connectivity index (χ0) is 12.1. The van der Waals surface area contributed by atoms with Gasteiger partial charge in [0.25, 0.3) is 5.91 Å². The Balaban J connectivity index is 2.57. The van der Waals surface area contributed by atoms with Crippen molar-refractivity contribution >= 4 is 22.2 Å². The summed E-state index contributed by atoms with van der Waals surface area (Å²) >= 11 is 1.47. The fourth-order valence-corrected chi connectivity index (χ4v) is 1.97. The molecule has 1 rings (SSSR count). The number of nitrogens with one attached hydrogen (secondary N) is 1. The molecular formula is C11H16N2O2S. The fraction of sp³-hybridized carbons (Fsp3) is 0.455. The van der Waals surface area contributed by atoms with Crippen LogP contribution in [0, 0.1) is 13.8 Å². The molecule has 5 heteroatoms. The molecule has 1 heterocycles. The van der Waals surface area contributed by atoms with Crippen molar-refractivity contribution in [1.82, 2.24) is 4.98 Å². The van der Waals surface area contributed by atoms with Crippen LogP contribution in [-0.4, -0.2) is 23.6 Å². The van der Waals surface area contributed by atoms with Gasteiger partial charge in [0.2, 0.25) is 0 Å². The average Bonchev–Trinajstić information content (AvgIpc) is 2.53. The number of carbonyl (C=O) groups is 1. The molecule has 16 heavy (non-hydrogen) atoms. The topological polar surface area (TPSA) is 51.2 Å². The van der Waals surface area contributed by atoms with Crippen molar-refractivity contribution < 1.29 is 9.53 Å². The highest BCUT2D eigenvalue weighted by molar-refractivity contribution is 7.16. The predicted octanol–water partition coefficient (Wildman–Crippen LogP) is 2.29. The minimum Gasteiger partial charge on any atom is -0.365 e. The first kappa shape index (κ1) is 12.9. The molecule has 0 saturated heterocycles. The molecule has 0 aliphatic rings. The van der Waals surface area contributed by atoms with Gasteiger partial charge in [0.15, 0.2) is 0 Å². The Hall–Kier alpha value is -1.20. The minimum atomic E-state index is -0.486. The molecule has 1 unspecified atom stereocenters. The van der Waals surface area contributed by atoms with Crippen molar-refractivity contribution in [2.75, 3.05) is 11.9 Å². The van der Waals surface area contributed by atoms with Crippen molar-refractivity contribution in [3.05, 3.63) is 23.4 Å². The Labute approximate surface area is 99.3 Å². The first-order valence-electron chi connectivity index (χ1n) is 5.02. The molecule has 0 radical (unpaired) electrons. The number of anilines is 1. The van der Waals surface area contributed by atoms with Crippen LogP contribution in [-0.2, 0) is 9.53 Å². The van der Waals surface area contributed by atoms with E-state index in [1.807, 2.05) is 13.8 Å². The van der Waals surface area contributed by atoms with E-state index in [4.69, 9.17) is 4.74 Å². The van der Waals surface area contributed by atoms with Gasteiger partial charge in [-0.25, -0.2) is 4.98 Å². The third-order valence-corrected chi connectivity index (χ3v) is 2.96. The van der Waals surface area contributed by atoms with E-state index in [0.29, 0.717) is 6.61 Å². The van der Waals surface area contributed by atoms with E-state index in [0.717, 1.165) is 15.7 Å². The van der Waals surface area contributed by atoms with Gasteiger partial charge in [-0.05, 0) is 20.8 Å². The van der Waals surface area contributed by atoms with Crippen molar-refractivity contribution in [3.8, 4) is 0 Å². The van der Waals surface area contributed by atoms with Crippen LogP contribution in [0.1, 0.15) is 17.6 Å². The highest BCUT2D eigenvalue weighted by atomic mass is 32.1. The van der Waals surface area contributed by atoms with Crippen LogP contribution in [0.5, 0.6) is 0 Å². The van der Waals surface area contributed by atoms with Crippen molar-refractivity contribution in [1.29, 1.82) is 0 Å². The Morgan fingerprint density at radius 2 is 2.38 bits per heavy atom. The summed E-state index contributed by atoms with van der Waals surface area (Å²) < 4.78 is 5.23. The van der Waals surface area contributed by atoms with E-state index < -0.39 is 6.10 Å². The van der Waals surface area contributed by atoms with E-state index >= 15 is 0 Å². The number of ether oxygens (including phenoxy) is 1. The molecule has 0 bridgehead atoms. The van der Waals surface area contributed by atoms with Crippen molar-refractivity contribution in [2.45, 2.75) is 26.9 Å². The number of nitrogens with zero attached hydrogens (tertiary/aromatic N) is 1. The quantitative estimate of drug-likeness (QED) is 0.803. The van der Waals surface area contributed by atoms with Gasteiger partial charge in [0, 0.05) is 0 Å². The van der Waals surface area contributed by atoms with E-state index in [1.165, 1.54) is 11.3 Å². The number of aromatic nitrogens is 1. The summed E-state index contributed by atoms with van der Waals surface area (Å²) in [5, 5.41) is 4.52. The molecule has 4 nitrogen and oxygen atoms in total. The smallest absolute Gasteiger partial charge is 0.253 e. The second-order valence-corrected chi connectivity index (χ2v) is 4.60. The summed E-state index contributed by atoms with van der Waals surface area (Å²) in [6.45, 7) is 9.39. The highest BCUT2D eigenvalue weighted by Crippen LogP contribution is 2.23. The standard InChI is InChI=1S/C11H16N2O2S/c1-5-6-15-8(3)10(14)13-11-7(2)12-9(4)16-11/h5,8H,1,6H2,2-4H3,(H,13,14). The van der Waals surface area contributed by atoms with E-state index in [-0.39, 0.29) is 5.91 Å². The van der Waals surface area contributed by atoms with Crippen molar-refractivity contribution in [3.63, 3.8) is 0 Å². The second-order valence-electron chi connectivity index (χ2n) is 3.40. The van der Waals surface area contributed by atoms with Gasteiger partial charge in [-0.1, -0.05) is 6.08 Å². The number of thiazole rings is 1. The first-order chi connectivity index (χ1) is 7.54. The molecule has 0 fully saturated rings. The lowest BCUT2D eigenvalue weighted by atomic mass is 10.3. The Kier molecular flexibility index (Phi) is 4.64. The van der Waals surface area contributed by atoms with Crippen molar-refractivity contribution in [2.24, 2.45) is 0 Å². The fourth-order valence-electron chi connectivity index (χ4n) is 1.15. The van der Waals surface area contributed by atoms with E-state index in [1.54, 1.807) is 13.0 Å². The summed E-state index contributed by atoms with van der Waals surface area (Å²) in [6.07, 6.45) is 1.13. The van der Waals surface area contributed by atoms with E-state index in [9.17, 15) is 4.79 Å². The maximum absolute atomic E-state index is 11.7. The molecule has 0 aliphatic heterocycles. The Bertz CT molecular complexity index is 387. The SMILES string of the molecule is C=CCOC(C)C(=O)Nc1sc(C)nc1C. The third-order valence-electron chi connectivity index (χ3n) is 1.97. The molecule has 0 saturated carbocycles. The molecule has 0 spiro atoms. The number of hydrogen-bond donors (Lipinski definition) is 1. The van der Waals surface area contributed by atoms with Gasteiger partial charge in [0.1, 0.15) is 11.1 Å². The number of carbonyl (C=O) groups excluding carboxylic acids is 1. The highest BCUT2D eigenvalue weighted by Gasteiger charge is 2.15. The molecule has 0 aromatic carbocycles. The van der Waals surface area contributed by atoms with Crippen LogP contribution in [0.2, 0.25) is 0 Å². The van der Waals surface area contributed by atoms with Gasteiger partial charge < -0.3 is 10.1 Å². The van der Waals surface area contributed by atoms with Crippen LogP contribution >= 0.6 is 11.3 Å². The van der Waals surface area contributed by atoms with E-state index in [2.05, 4.69) is 16.9 Å². The number of rotatable bonds is 5. The lowest BCUT2D eigenvalue weighted by Gasteiger charge is -2.11. The maximum atomic E-state index is 11.7. The zero-order valence-electron chi connectivity index (χ0n) is 9.74. The summed E-state index contributed by atoms with van der Waals surface area (Å²) in [5.74, 6) is -0.159. The molecule has 1 aromatic heterocycles. The molecular weight excluding hydrogens is 224 g/mol.